The van der Waals surface area contributed by atoms with Crippen molar-refractivity contribution in [3.05, 3.63) is 65.2 Å². The standard InChI is InChI=1S/C16H14F2O2/c1-20-14-4-2-3-11(9-14)7-13(19)8-12-5-6-15(17)16(18)10-12/h2-6,9-10H,7-8H2,1H3. The predicted molar refractivity (Wildman–Crippen MR) is 71.8 cm³/mol. The van der Waals surface area contributed by atoms with Crippen molar-refractivity contribution in [2.45, 2.75) is 12.8 Å². The number of carbonyl (C=O) groups is 1. The van der Waals surface area contributed by atoms with E-state index in [0.29, 0.717) is 11.3 Å². The molecule has 2 aromatic rings. The van der Waals surface area contributed by atoms with Crippen molar-refractivity contribution in [2.24, 2.45) is 0 Å². The normalized spacial score (nSPS) is 10.3. The number of Topliss-reactive ketones (excluding diaryl/α,β-unsaturated/α-hetero) is 1. The second-order valence-corrected chi connectivity index (χ2v) is 4.49. The summed E-state index contributed by atoms with van der Waals surface area (Å²) in [6.07, 6.45) is 0.310. The van der Waals surface area contributed by atoms with E-state index in [2.05, 4.69) is 0 Å². The first-order valence-corrected chi connectivity index (χ1v) is 6.17. The number of ether oxygens (including phenoxy) is 1. The number of hydrogen-bond donors (Lipinski definition) is 0. The maximum atomic E-state index is 13.1. The van der Waals surface area contributed by atoms with E-state index in [9.17, 15) is 13.6 Å². The summed E-state index contributed by atoms with van der Waals surface area (Å²) in [5, 5.41) is 0. The summed E-state index contributed by atoms with van der Waals surface area (Å²) in [6, 6.07) is 10.7. The number of carbonyl (C=O) groups excluding carboxylic acids is 1. The lowest BCUT2D eigenvalue weighted by atomic mass is 10.0. The third kappa shape index (κ3) is 3.63. The van der Waals surface area contributed by atoms with E-state index in [1.54, 1.807) is 25.3 Å². The second kappa shape index (κ2) is 6.28. The molecule has 2 nitrogen and oxygen atoms in total. The summed E-state index contributed by atoms with van der Waals surface area (Å²) in [6.45, 7) is 0. The van der Waals surface area contributed by atoms with Crippen molar-refractivity contribution < 1.29 is 18.3 Å². The minimum absolute atomic E-state index is 0.0655. The van der Waals surface area contributed by atoms with Crippen molar-refractivity contribution in [2.75, 3.05) is 7.11 Å². The lowest BCUT2D eigenvalue weighted by Crippen LogP contribution is -2.07. The highest BCUT2D eigenvalue weighted by Crippen LogP contribution is 2.15. The zero-order chi connectivity index (χ0) is 14.5. The maximum absolute atomic E-state index is 13.1. The average molecular weight is 276 g/mol. The third-order valence-electron chi connectivity index (χ3n) is 2.92. The summed E-state index contributed by atoms with van der Waals surface area (Å²) < 4.78 is 30.9. The number of benzene rings is 2. The second-order valence-electron chi connectivity index (χ2n) is 4.49. The van der Waals surface area contributed by atoms with Crippen LogP contribution in [0.25, 0.3) is 0 Å². The zero-order valence-electron chi connectivity index (χ0n) is 11.0. The van der Waals surface area contributed by atoms with Crippen molar-refractivity contribution >= 4 is 5.78 Å². The van der Waals surface area contributed by atoms with Crippen LogP contribution < -0.4 is 4.74 Å². The van der Waals surface area contributed by atoms with Crippen molar-refractivity contribution in [1.29, 1.82) is 0 Å². The summed E-state index contributed by atoms with van der Waals surface area (Å²) in [7, 11) is 1.56. The minimum Gasteiger partial charge on any atom is -0.497 e. The van der Waals surface area contributed by atoms with E-state index in [1.807, 2.05) is 6.07 Å². The number of hydrogen-bond acceptors (Lipinski definition) is 2. The summed E-state index contributed by atoms with van der Waals surface area (Å²) in [5.74, 6) is -1.22. The molecule has 0 aliphatic rings. The molecule has 0 heterocycles. The summed E-state index contributed by atoms with van der Waals surface area (Å²) >= 11 is 0. The minimum atomic E-state index is -0.934. The van der Waals surface area contributed by atoms with Gasteiger partial charge in [0.1, 0.15) is 11.5 Å². The van der Waals surface area contributed by atoms with Crippen LogP contribution in [-0.2, 0) is 17.6 Å². The highest BCUT2D eigenvalue weighted by atomic mass is 19.2. The Hall–Kier alpha value is -2.23. The Bertz CT molecular complexity index is 624. The molecular weight excluding hydrogens is 262 g/mol. The molecule has 2 aromatic carbocycles. The largest absolute Gasteiger partial charge is 0.497 e. The van der Waals surface area contributed by atoms with Gasteiger partial charge in [0.25, 0.3) is 0 Å². The SMILES string of the molecule is COc1cccc(CC(=O)Cc2ccc(F)c(F)c2)c1. The summed E-state index contributed by atoms with van der Waals surface area (Å²) in [5.41, 5.74) is 1.30. The highest BCUT2D eigenvalue weighted by molar-refractivity contribution is 5.83. The molecule has 0 N–H and O–H groups in total. The fraction of sp³-hybridized carbons (Fsp3) is 0.188. The van der Waals surface area contributed by atoms with Gasteiger partial charge in [0.05, 0.1) is 7.11 Å². The number of methoxy groups -OCH3 is 1. The van der Waals surface area contributed by atoms with Gasteiger partial charge in [-0.3, -0.25) is 4.79 Å². The first-order valence-electron chi connectivity index (χ1n) is 6.17. The van der Waals surface area contributed by atoms with Crippen LogP contribution in [0.2, 0.25) is 0 Å². The molecule has 0 unspecified atom stereocenters. The monoisotopic (exact) mass is 276 g/mol. The van der Waals surface area contributed by atoms with Crippen molar-refractivity contribution in [1.82, 2.24) is 0 Å². The Morgan fingerprint density at radius 3 is 2.35 bits per heavy atom. The van der Waals surface area contributed by atoms with E-state index < -0.39 is 11.6 Å². The van der Waals surface area contributed by atoms with E-state index in [4.69, 9.17) is 4.74 Å². The van der Waals surface area contributed by atoms with Gasteiger partial charge in [-0.25, -0.2) is 8.78 Å². The lowest BCUT2D eigenvalue weighted by molar-refractivity contribution is -0.117. The van der Waals surface area contributed by atoms with E-state index in [1.165, 1.54) is 6.07 Å². The first kappa shape index (κ1) is 14.2. The van der Waals surface area contributed by atoms with Crippen molar-refractivity contribution in [3.8, 4) is 5.75 Å². The van der Waals surface area contributed by atoms with Crippen LogP contribution >= 0.6 is 0 Å². The lowest BCUT2D eigenvalue weighted by Gasteiger charge is -2.05. The first-order chi connectivity index (χ1) is 9.58. The Morgan fingerprint density at radius 2 is 1.70 bits per heavy atom. The molecular formula is C16H14F2O2. The molecule has 0 fully saturated rings. The van der Waals surface area contributed by atoms with Crippen LogP contribution in [-0.4, -0.2) is 12.9 Å². The van der Waals surface area contributed by atoms with E-state index in [0.717, 1.165) is 17.7 Å². The van der Waals surface area contributed by atoms with Gasteiger partial charge in [-0.1, -0.05) is 18.2 Å². The molecule has 0 aliphatic heterocycles. The van der Waals surface area contributed by atoms with Gasteiger partial charge in [-0.05, 0) is 35.4 Å². The molecule has 0 aromatic heterocycles. The van der Waals surface area contributed by atoms with Crippen LogP contribution in [0, 0.1) is 11.6 Å². The maximum Gasteiger partial charge on any atom is 0.159 e. The number of ketones is 1. The van der Waals surface area contributed by atoms with Gasteiger partial charge in [-0.15, -0.1) is 0 Å². The smallest absolute Gasteiger partial charge is 0.159 e. The molecule has 0 atom stereocenters. The third-order valence-corrected chi connectivity index (χ3v) is 2.92. The molecule has 4 heteroatoms. The molecule has 0 saturated carbocycles. The van der Waals surface area contributed by atoms with Crippen LogP contribution in [0.1, 0.15) is 11.1 Å². The molecule has 0 spiro atoms. The molecule has 20 heavy (non-hydrogen) atoms. The molecule has 0 amide bonds. The van der Waals surface area contributed by atoms with Crippen molar-refractivity contribution in [3.63, 3.8) is 0 Å². The van der Waals surface area contributed by atoms with Gasteiger partial charge in [0, 0.05) is 12.8 Å². The van der Waals surface area contributed by atoms with Crippen LogP contribution in [0.15, 0.2) is 42.5 Å². The Labute approximate surface area is 116 Å². The number of halogens is 2. The highest BCUT2D eigenvalue weighted by Gasteiger charge is 2.08. The van der Waals surface area contributed by atoms with Gasteiger partial charge in [-0.2, -0.15) is 0 Å². The molecule has 0 radical (unpaired) electrons. The topological polar surface area (TPSA) is 26.3 Å². The molecule has 2 rings (SSSR count). The van der Waals surface area contributed by atoms with E-state index in [-0.39, 0.29) is 18.6 Å². The Balaban J connectivity index is 2.03. The summed E-state index contributed by atoms with van der Waals surface area (Å²) in [4.78, 5) is 11.9. The fourth-order valence-corrected chi connectivity index (χ4v) is 1.95. The van der Waals surface area contributed by atoms with Crippen LogP contribution in [0.3, 0.4) is 0 Å². The average Bonchev–Trinajstić information content (AvgIpc) is 2.43. The van der Waals surface area contributed by atoms with Gasteiger partial charge < -0.3 is 4.74 Å². The van der Waals surface area contributed by atoms with Gasteiger partial charge in [0.2, 0.25) is 0 Å². The number of rotatable bonds is 5. The van der Waals surface area contributed by atoms with Crippen LogP contribution in [0.4, 0.5) is 8.78 Å². The molecule has 0 aliphatic carbocycles. The van der Waals surface area contributed by atoms with E-state index >= 15 is 0 Å². The van der Waals surface area contributed by atoms with Crippen LogP contribution in [0.5, 0.6) is 5.75 Å². The fourth-order valence-electron chi connectivity index (χ4n) is 1.95. The quantitative estimate of drug-likeness (QED) is 0.837. The Kier molecular flexibility index (Phi) is 4.45. The Morgan fingerprint density at radius 1 is 1.00 bits per heavy atom. The molecule has 0 bridgehead atoms. The van der Waals surface area contributed by atoms with Gasteiger partial charge in [0.15, 0.2) is 11.6 Å². The molecule has 104 valence electrons. The van der Waals surface area contributed by atoms with Gasteiger partial charge >= 0.3 is 0 Å². The molecule has 0 saturated heterocycles. The zero-order valence-corrected chi connectivity index (χ0v) is 11.0. The predicted octanol–water partition coefficient (Wildman–Crippen LogP) is 3.33.